The Morgan fingerprint density at radius 3 is 2.84 bits per heavy atom. The number of thioether (sulfide) groups is 1. The molecule has 1 unspecified atom stereocenters. The third kappa shape index (κ3) is 3.10. The highest BCUT2D eigenvalue weighted by Crippen LogP contribution is 2.35. The topological polar surface area (TPSA) is 69.9 Å². The second kappa shape index (κ2) is 6.60. The minimum absolute atomic E-state index is 0.0404. The van der Waals surface area contributed by atoms with Gasteiger partial charge in [-0.05, 0) is 37.6 Å². The quantitative estimate of drug-likeness (QED) is 0.486. The molecule has 0 saturated carbocycles. The van der Waals surface area contributed by atoms with Crippen LogP contribution in [0, 0.1) is 6.92 Å². The number of hydrogen-bond donors (Lipinski definition) is 0. The molecule has 4 rings (SSSR count). The Hall–Kier alpha value is -2.80. The van der Waals surface area contributed by atoms with Gasteiger partial charge in [0.05, 0.1) is 17.2 Å². The summed E-state index contributed by atoms with van der Waals surface area (Å²) in [5, 5.41) is 4.82. The van der Waals surface area contributed by atoms with Crippen molar-refractivity contribution in [2.45, 2.75) is 24.3 Å². The predicted molar refractivity (Wildman–Crippen MR) is 94.6 cm³/mol. The molecule has 1 aromatic carbocycles. The number of hydrogen-bond acceptors (Lipinski definition) is 6. The molecule has 6 nitrogen and oxygen atoms in total. The Labute approximate surface area is 148 Å². The van der Waals surface area contributed by atoms with Gasteiger partial charge in [-0.2, -0.15) is 4.98 Å². The number of furan rings is 1. The van der Waals surface area contributed by atoms with Crippen LogP contribution in [-0.2, 0) is 0 Å². The van der Waals surface area contributed by atoms with Crippen molar-refractivity contribution in [1.82, 2.24) is 19.7 Å². The number of nitrogens with zero attached hydrogens (tertiary/aromatic N) is 4. The summed E-state index contributed by atoms with van der Waals surface area (Å²) < 4.78 is 12.8. The highest BCUT2D eigenvalue weighted by atomic mass is 32.2. The van der Waals surface area contributed by atoms with E-state index in [9.17, 15) is 0 Å². The van der Waals surface area contributed by atoms with Crippen LogP contribution in [0.5, 0.6) is 0 Å². The normalized spacial score (nSPS) is 12.4. The van der Waals surface area contributed by atoms with Crippen molar-refractivity contribution >= 4 is 11.8 Å². The smallest absolute Gasteiger partial charge is 0.240 e. The van der Waals surface area contributed by atoms with Crippen LogP contribution in [0.25, 0.3) is 17.3 Å². The first-order valence-corrected chi connectivity index (χ1v) is 8.74. The monoisotopic (exact) mass is 352 g/mol. The lowest BCUT2D eigenvalue weighted by Crippen LogP contribution is -1.99. The molecule has 3 aromatic heterocycles. The lowest BCUT2D eigenvalue weighted by atomic mass is 10.2. The van der Waals surface area contributed by atoms with Crippen LogP contribution in [0.15, 0.2) is 69.2 Å². The molecular formula is C18H16N4O2S. The van der Waals surface area contributed by atoms with Gasteiger partial charge in [-0.25, -0.2) is 4.98 Å². The highest BCUT2D eigenvalue weighted by Gasteiger charge is 2.20. The lowest BCUT2D eigenvalue weighted by molar-refractivity contribution is 0.379. The summed E-state index contributed by atoms with van der Waals surface area (Å²) in [4.78, 5) is 8.90. The zero-order valence-corrected chi connectivity index (χ0v) is 14.6. The molecule has 0 fully saturated rings. The van der Waals surface area contributed by atoms with Crippen LogP contribution >= 0.6 is 11.8 Å². The van der Waals surface area contributed by atoms with Gasteiger partial charge in [0.2, 0.25) is 11.7 Å². The van der Waals surface area contributed by atoms with Gasteiger partial charge in [-0.1, -0.05) is 35.1 Å². The maximum absolute atomic E-state index is 5.39. The number of benzene rings is 1. The largest absolute Gasteiger partial charge is 0.461 e. The average molecular weight is 352 g/mol. The van der Waals surface area contributed by atoms with Crippen molar-refractivity contribution < 1.29 is 8.94 Å². The molecule has 0 N–H and O–H groups in total. The van der Waals surface area contributed by atoms with Crippen molar-refractivity contribution in [3.8, 4) is 17.3 Å². The molecule has 0 saturated heterocycles. The molecule has 0 bridgehead atoms. The van der Waals surface area contributed by atoms with E-state index in [2.05, 4.69) is 38.7 Å². The first-order valence-electron chi connectivity index (χ1n) is 7.86. The van der Waals surface area contributed by atoms with Crippen molar-refractivity contribution in [3.05, 3.63) is 66.5 Å². The van der Waals surface area contributed by atoms with Gasteiger partial charge >= 0.3 is 0 Å². The van der Waals surface area contributed by atoms with Gasteiger partial charge in [0.15, 0.2) is 10.9 Å². The maximum Gasteiger partial charge on any atom is 0.240 e. The molecule has 7 heteroatoms. The summed E-state index contributed by atoms with van der Waals surface area (Å²) in [6, 6.07) is 11.8. The van der Waals surface area contributed by atoms with E-state index < -0.39 is 0 Å². The molecule has 25 heavy (non-hydrogen) atoms. The molecule has 0 spiro atoms. The van der Waals surface area contributed by atoms with Crippen molar-refractivity contribution in [2.75, 3.05) is 0 Å². The van der Waals surface area contributed by atoms with Gasteiger partial charge in [0.1, 0.15) is 0 Å². The Kier molecular flexibility index (Phi) is 4.15. The molecule has 126 valence electrons. The SMILES string of the molecule is Cc1ccccc1-n1ccnc1SC(C)c1nc(-c2ccco2)no1. The fraction of sp³-hybridized carbons (Fsp3) is 0.167. The zero-order valence-electron chi connectivity index (χ0n) is 13.8. The van der Waals surface area contributed by atoms with Crippen LogP contribution in [0.4, 0.5) is 0 Å². The van der Waals surface area contributed by atoms with Crippen molar-refractivity contribution in [2.24, 2.45) is 0 Å². The van der Waals surface area contributed by atoms with Gasteiger partial charge in [-0.15, -0.1) is 0 Å². The number of para-hydroxylation sites is 1. The molecule has 1 atom stereocenters. The molecule has 0 aliphatic carbocycles. The fourth-order valence-corrected chi connectivity index (χ4v) is 3.42. The van der Waals surface area contributed by atoms with Crippen LogP contribution in [0.3, 0.4) is 0 Å². The lowest BCUT2D eigenvalue weighted by Gasteiger charge is -2.11. The summed E-state index contributed by atoms with van der Waals surface area (Å²) in [5.74, 6) is 1.58. The first-order chi connectivity index (χ1) is 12.2. The Morgan fingerprint density at radius 2 is 2.04 bits per heavy atom. The zero-order chi connectivity index (χ0) is 17.2. The van der Waals surface area contributed by atoms with Gasteiger partial charge in [0.25, 0.3) is 0 Å². The summed E-state index contributed by atoms with van der Waals surface area (Å²) in [6.07, 6.45) is 5.34. The van der Waals surface area contributed by atoms with E-state index in [0.717, 1.165) is 10.8 Å². The molecule has 0 aliphatic heterocycles. The number of rotatable bonds is 5. The number of imidazole rings is 1. The van der Waals surface area contributed by atoms with E-state index in [1.54, 1.807) is 36.4 Å². The minimum Gasteiger partial charge on any atom is -0.461 e. The summed E-state index contributed by atoms with van der Waals surface area (Å²) >= 11 is 1.57. The van der Waals surface area contributed by atoms with Gasteiger partial charge in [0, 0.05) is 12.4 Å². The van der Waals surface area contributed by atoms with Crippen molar-refractivity contribution in [3.63, 3.8) is 0 Å². The van der Waals surface area contributed by atoms with E-state index in [1.807, 2.05) is 25.3 Å². The molecule has 0 radical (unpaired) electrons. The van der Waals surface area contributed by atoms with Crippen LogP contribution < -0.4 is 0 Å². The van der Waals surface area contributed by atoms with E-state index in [4.69, 9.17) is 8.94 Å². The molecule has 0 aliphatic rings. The highest BCUT2D eigenvalue weighted by molar-refractivity contribution is 7.99. The minimum atomic E-state index is -0.0404. The summed E-state index contributed by atoms with van der Waals surface area (Å²) in [6.45, 7) is 4.10. The van der Waals surface area contributed by atoms with Gasteiger partial charge < -0.3 is 8.94 Å². The van der Waals surface area contributed by atoms with E-state index >= 15 is 0 Å². The second-order valence-corrected chi connectivity index (χ2v) is 6.87. The number of aryl methyl sites for hydroxylation is 1. The summed E-state index contributed by atoms with van der Waals surface area (Å²) in [5.41, 5.74) is 2.30. The average Bonchev–Trinajstić information content (AvgIpc) is 3.36. The van der Waals surface area contributed by atoms with Crippen LogP contribution in [-0.4, -0.2) is 19.7 Å². The van der Waals surface area contributed by atoms with Crippen molar-refractivity contribution in [1.29, 1.82) is 0 Å². The Balaban J connectivity index is 1.57. The standard InChI is InChI=1S/C18H16N4O2S/c1-12-6-3-4-7-14(12)22-10-9-19-18(22)25-13(2)17-20-16(21-24-17)15-8-5-11-23-15/h3-11,13H,1-2H3. The second-order valence-electron chi connectivity index (χ2n) is 5.56. The molecule has 4 aromatic rings. The molecular weight excluding hydrogens is 336 g/mol. The maximum atomic E-state index is 5.39. The van der Waals surface area contributed by atoms with Gasteiger partial charge in [-0.3, -0.25) is 4.57 Å². The van der Waals surface area contributed by atoms with E-state index in [-0.39, 0.29) is 5.25 Å². The fourth-order valence-electron chi connectivity index (χ4n) is 2.51. The third-order valence-corrected chi connectivity index (χ3v) is 4.86. The Bertz CT molecular complexity index is 975. The summed E-state index contributed by atoms with van der Waals surface area (Å²) in [7, 11) is 0. The predicted octanol–water partition coefficient (Wildman–Crippen LogP) is 4.68. The first kappa shape index (κ1) is 15.7. The third-order valence-electron chi connectivity index (χ3n) is 3.80. The molecule has 3 heterocycles. The number of aromatic nitrogens is 4. The van der Waals surface area contributed by atoms with E-state index in [1.165, 1.54) is 5.56 Å². The Morgan fingerprint density at radius 1 is 1.16 bits per heavy atom. The molecule has 0 amide bonds. The van der Waals surface area contributed by atoms with Crippen LogP contribution in [0.2, 0.25) is 0 Å². The van der Waals surface area contributed by atoms with E-state index in [0.29, 0.717) is 17.5 Å². The van der Waals surface area contributed by atoms with Crippen LogP contribution in [0.1, 0.15) is 23.6 Å².